The first kappa shape index (κ1) is 26.9. The van der Waals surface area contributed by atoms with E-state index in [4.69, 9.17) is 22.3 Å². The van der Waals surface area contributed by atoms with Crippen molar-refractivity contribution >= 4 is 29.1 Å². The predicted molar refractivity (Wildman–Crippen MR) is 145 cm³/mol. The number of allylic oxidation sites excluding steroid dienone is 7. The maximum absolute atomic E-state index is 6.65. The Kier molecular flexibility index (Phi) is 11.2. The maximum Gasteiger partial charge on any atom is 0.124 e. The van der Waals surface area contributed by atoms with Crippen LogP contribution in [0.3, 0.4) is 0 Å². The minimum absolute atomic E-state index is 0.605. The molecule has 2 aliphatic rings. The quantitative estimate of drug-likeness (QED) is 0.269. The van der Waals surface area contributed by atoms with Crippen molar-refractivity contribution in [3.05, 3.63) is 56.7 Å². The van der Waals surface area contributed by atoms with Gasteiger partial charge in [-0.25, -0.2) is 4.99 Å². The van der Waals surface area contributed by atoms with Gasteiger partial charge >= 0.3 is 0 Å². The molecule has 0 aromatic carbocycles. The van der Waals surface area contributed by atoms with Crippen LogP contribution in [-0.4, -0.2) is 23.7 Å². The number of rotatable bonds is 9. The Balaban J connectivity index is 2.21. The molecule has 1 spiro atoms. The van der Waals surface area contributed by atoms with Crippen molar-refractivity contribution in [1.82, 2.24) is 4.90 Å². The zero-order valence-electron chi connectivity index (χ0n) is 20.7. The van der Waals surface area contributed by atoms with Gasteiger partial charge in [0.25, 0.3) is 0 Å². The SMILES string of the molecule is C\C=C/C(SC(=C\CC)/C(C)=N\C(=C/C)N1CCC2(CCCC2)CC1)=C(Cl)\C(N)=C\CC. The van der Waals surface area contributed by atoms with Crippen LogP contribution in [0.4, 0.5) is 0 Å². The molecule has 2 N–H and O–H groups in total. The Morgan fingerprint density at radius 1 is 1.06 bits per heavy atom. The Hall–Kier alpha value is -1.39. The van der Waals surface area contributed by atoms with Gasteiger partial charge in [0.1, 0.15) is 5.82 Å². The Morgan fingerprint density at radius 2 is 1.69 bits per heavy atom. The first-order chi connectivity index (χ1) is 15.4. The summed E-state index contributed by atoms with van der Waals surface area (Å²) in [5.74, 6) is 1.09. The first-order valence-corrected chi connectivity index (χ1v) is 13.4. The van der Waals surface area contributed by atoms with Gasteiger partial charge in [-0.1, -0.05) is 74.4 Å². The lowest BCUT2D eigenvalue weighted by Crippen LogP contribution is -2.38. The van der Waals surface area contributed by atoms with Gasteiger partial charge in [-0.15, -0.1) is 0 Å². The van der Waals surface area contributed by atoms with Crippen LogP contribution < -0.4 is 5.73 Å². The first-order valence-electron chi connectivity index (χ1n) is 12.2. The van der Waals surface area contributed by atoms with Crippen LogP contribution in [0.2, 0.25) is 0 Å². The average molecular weight is 476 g/mol. The maximum atomic E-state index is 6.65. The van der Waals surface area contributed by atoms with E-state index in [0.29, 0.717) is 16.1 Å². The molecule has 178 valence electrons. The molecule has 0 atom stereocenters. The van der Waals surface area contributed by atoms with Crippen LogP contribution in [0.25, 0.3) is 0 Å². The highest BCUT2D eigenvalue weighted by molar-refractivity contribution is 8.07. The second kappa shape index (κ2) is 13.3. The normalized spacial score (nSPS) is 21.6. The van der Waals surface area contributed by atoms with Crippen LogP contribution in [0.5, 0.6) is 0 Å². The van der Waals surface area contributed by atoms with Crippen LogP contribution in [0.15, 0.2) is 61.7 Å². The van der Waals surface area contributed by atoms with Gasteiger partial charge in [-0.3, -0.25) is 0 Å². The van der Waals surface area contributed by atoms with E-state index in [1.165, 1.54) is 38.5 Å². The topological polar surface area (TPSA) is 41.6 Å². The fourth-order valence-corrected chi connectivity index (χ4v) is 6.05. The number of likely N-dealkylation sites (tertiary alicyclic amines) is 1. The molecule has 5 heteroatoms. The highest BCUT2D eigenvalue weighted by Gasteiger charge is 2.37. The summed E-state index contributed by atoms with van der Waals surface area (Å²) in [5, 5.41) is 0.605. The molecule has 1 heterocycles. The van der Waals surface area contributed by atoms with Gasteiger partial charge in [-0.2, -0.15) is 0 Å². The molecule has 0 aromatic heterocycles. The van der Waals surface area contributed by atoms with E-state index in [9.17, 15) is 0 Å². The molecule has 0 amide bonds. The predicted octanol–water partition coefficient (Wildman–Crippen LogP) is 8.27. The van der Waals surface area contributed by atoms with Crippen LogP contribution in [0.1, 0.15) is 86.0 Å². The second-order valence-corrected chi connectivity index (χ2v) is 10.3. The largest absolute Gasteiger partial charge is 0.398 e. The molecule has 3 nitrogen and oxygen atoms in total. The molecule has 2 fully saturated rings. The third-order valence-electron chi connectivity index (χ3n) is 6.53. The number of halogens is 1. The summed E-state index contributed by atoms with van der Waals surface area (Å²) in [6.45, 7) is 12.6. The third-order valence-corrected chi connectivity index (χ3v) is 8.31. The van der Waals surface area contributed by atoms with Gasteiger partial charge in [0.05, 0.1) is 10.7 Å². The lowest BCUT2D eigenvalue weighted by Gasteiger charge is -2.40. The molecule has 32 heavy (non-hydrogen) atoms. The second-order valence-electron chi connectivity index (χ2n) is 8.86. The molecule has 1 aliphatic carbocycles. The molecule has 1 saturated carbocycles. The molecule has 0 unspecified atom stereocenters. The molecular weight excluding hydrogens is 434 g/mol. The Morgan fingerprint density at radius 3 is 2.22 bits per heavy atom. The molecule has 0 bridgehead atoms. The standard InChI is InChI=1S/C27H42ClN3S/c1-6-12-22(29)26(28)24(14-8-3)32-23(13-7-2)21(5)30-25(9-4)31-19-17-27(18-20-31)15-10-11-16-27/h8-9,12-14H,6-7,10-11,15-20,29H2,1-5H3/b14-8-,22-12-,23-13-,25-9+,26-24-,30-21-. The summed E-state index contributed by atoms with van der Waals surface area (Å²) in [4.78, 5) is 9.64. The number of thioether (sulfide) groups is 1. The molecule has 1 aliphatic heterocycles. The third kappa shape index (κ3) is 7.31. The number of piperidine rings is 1. The molecule has 0 radical (unpaired) electrons. The van der Waals surface area contributed by atoms with E-state index in [1.54, 1.807) is 11.8 Å². The van der Waals surface area contributed by atoms with Crippen molar-refractivity contribution in [2.75, 3.05) is 13.1 Å². The summed E-state index contributed by atoms with van der Waals surface area (Å²) < 4.78 is 0. The molecule has 1 saturated heterocycles. The number of nitrogens with zero attached hydrogens (tertiary/aromatic N) is 2. The zero-order valence-corrected chi connectivity index (χ0v) is 22.3. The van der Waals surface area contributed by atoms with E-state index in [0.717, 1.165) is 47.3 Å². The van der Waals surface area contributed by atoms with Gasteiger partial charge in [0.15, 0.2) is 0 Å². The highest BCUT2D eigenvalue weighted by Crippen LogP contribution is 2.46. The van der Waals surface area contributed by atoms with E-state index in [1.807, 2.05) is 25.2 Å². The Bertz CT molecular complexity index is 801. The van der Waals surface area contributed by atoms with Gasteiger partial charge in [-0.05, 0) is 70.8 Å². The van der Waals surface area contributed by atoms with Gasteiger partial charge < -0.3 is 10.6 Å². The minimum Gasteiger partial charge on any atom is -0.398 e. The van der Waals surface area contributed by atoms with E-state index >= 15 is 0 Å². The van der Waals surface area contributed by atoms with Crippen molar-refractivity contribution in [2.45, 2.75) is 86.0 Å². The van der Waals surface area contributed by atoms with Gasteiger partial charge in [0, 0.05) is 28.6 Å². The fourth-order valence-electron chi connectivity index (χ4n) is 4.70. The van der Waals surface area contributed by atoms with E-state index in [2.05, 4.69) is 44.7 Å². The van der Waals surface area contributed by atoms with Crippen molar-refractivity contribution < 1.29 is 0 Å². The fraction of sp³-hybridized carbons (Fsp3) is 0.593. The summed E-state index contributed by atoms with van der Waals surface area (Å²) in [6.07, 6.45) is 20.5. The smallest absolute Gasteiger partial charge is 0.124 e. The summed E-state index contributed by atoms with van der Waals surface area (Å²) in [7, 11) is 0. The summed E-state index contributed by atoms with van der Waals surface area (Å²) >= 11 is 8.29. The molecule has 2 rings (SSSR count). The monoisotopic (exact) mass is 475 g/mol. The number of nitrogens with two attached hydrogens (primary N) is 1. The summed E-state index contributed by atoms with van der Waals surface area (Å²) in [6, 6.07) is 0. The van der Waals surface area contributed by atoms with Gasteiger partial charge in [0.2, 0.25) is 0 Å². The van der Waals surface area contributed by atoms with Crippen molar-refractivity contribution in [3.8, 4) is 0 Å². The molecular formula is C27H42ClN3S. The lowest BCUT2D eigenvalue weighted by molar-refractivity contribution is 0.132. The van der Waals surface area contributed by atoms with Crippen LogP contribution in [-0.2, 0) is 0 Å². The van der Waals surface area contributed by atoms with E-state index < -0.39 is 0 Å². The van der Waals surface area contributed by atoms with Crippen LogP contribution in [0, 0.1) is 5.41 Å². The van der Waals surface area contributed by atoms with Crippen molar-refractivity contribution in [1.29, 1.82) is 0 Å². The van der Waals surface area contributed by atoms with Crippen molar-refractivity contribution in [2.24, 2.45) is 16.1 Å². The van der Waals surface area contributed by atoms with Crippen molar-refractivity contribution in [3.63, 3.8) is 0 Å². The average Bonchev–Trinajstić information content (AvgIpc) is 3.24. The Labute approximate surface area is 205 Å². The van der Waals surface area contributed by atoms with E-state index in [-0.39, 0.29) is 0 Å². The number of aliphatic imine (C=N–C) groups is 1. The number of hydrogen-bond acceptors (Lipinski definition) is 4. The zero-order chi connectivity index (χ0) is 23.6. The molecule has 0 aromatic rings. The summed E-state index contributed by atoms with van der Waals surface area (Å²) in [5.41, 5.74) is 8.46. The lowest BCUT2D eigenvalue weighted by atomic mass is 9.77. The minimum atomic E-state index is 0.605. The highest BCUT2D eigenvalue weighted by atomic mass is 35.5. The number of hydrogen-bond donors (Lipinski definition) is 1. The van der Waals surface area contributed by atoms with Crippen LogP contribution >= 0.6 is 23.4 Å².